The Morgan fingerprint density at radius 3 is 2.68 bits per heavy atom. The molecule has 1 heterocycles. The Bertz CT molecular complexity index is 878. The first kappa shape index (κ1) is 18.2. The predicted molar refractivity (Wildman–Crippen MR) is 83.6 cm³/mol. The van der Waals surface area contributed by atoms with Crippen molar-refractivity contribution in [3.63, 3.8) is 0 Å². The van der Waals surface area contributed by atoms with Gasteiger partial charge >= 0.3 is 6.18 Å². The number of sulfonamides is 1. The summed E-state index contributed by atoms with van der Waals surface area (Å²) in [5.74, 6) is 0.625. The van der Waals surface area contributed by atoms with Crippen LogP contribution in [0.2, 0.25) is 5.02 Å². The topological polar surface area (TPSA) is 76.9 Å². The highest BCUT2D eigenvalue weighted by atomic mass is 35.5. The number of hydrogen-bond acceptors (Lipinski definition) is 4. The van der Waals surface area contributed by atoms with Crippen LogP contribution in [0, 0.1) is 0 Å². The van der Waals surface area contributed by atoms with Crippen LogP contribution < -0.4 is 4.72 Å². The van der Waals surface area contributed by atoms with Crippen LogP contribution in [0.1, 0.15) is 30.3 Å². The Morgan fingerprint density at radius 2 is 2.04 bits per heavy atom. The smallest absolute Gasteiger partial charge is 0.314 e. The summed E-state index contributed by atoms with van der Waals surface area (Å²) in [5, 5.41) is 7.46. The highest BCUT2D eigenvalue weighted by Crippen LogP contribution is 2.35. The second kappa shape index (κ2) is 6.58. The van der Waals surface area contributed by atoms with E-state index in [9.17, 15) is 21.6 Å². The fraction of sp³-hybridized carbons (Fsp3) is 0.429. The highest BCUT2D eigenvalue weighted by Gasteiger charge is 2.32. The van der Waals surface area contributed by atoms with E-state index in [0.717, 1.165) is 25.0 Å². The minimum Gasteiger partial charge on any atom is -0.314 e. The number of hydrogen-bond donors (Lipinski definition) is 1. The number of rotatable bonds is 6. The van der Waals surface area contributed by atoms with Gasteiger partial charge in [0.05, 0.1) is 10.6 Å². The molecule has 0 aliphatic heterocycles. The Kier molecular flexibility index (Phi) is 4.78. The molecule has 3 rings (SSSR count). The Hall–Kier alpha value is -1.65. The highest BCUT2D eigenvalue weighted by molar-refractivity contribution is 7.89. The van der Waals surface area contributed by atoms with Gasteiger partial charge in [-0.25, -0.2) is 13.1 Å². The molecule has 0 amide bonds. The van der Waals surface area contributed by atoms with Gasteiger partial charge < -0.3 is 4.57 Å². The van der Waals surface area contributed by atoms with E-state index in [1.54, 1.807) is 6.33 Å². The molecule has 1 saturated carbocycles. The summed E-state index contributed by atoms with van der Waals surface area (Å²) in [4.78, 5) is -0.604. The van der Waals surface area contributed by atoms with Gasteiger partial charge in [-0.05, 0) is 31.0 Å². The molecule has 1 fully saturated rings. The van der Waals surface area contributed by atoms with E-state index < -0.39 is 26.7 Å². The average Bonchev–Trinajstić information content (AvgIpc) is 3.25. The number of benzene rings is 1. The summed E-state index contributed by atoms with van der Waals surface area (Å²) in [6.45, 7) is -0.0275. The first-order valence-electron chi connectivity index (χ1n) is 7.43. The lowest BCUT2D eigenvalue weighted by atomic mass is 10.2. The first-order chi connectivity index (χ1) is 11.7. The van der Waals surface area contributed by atoms with Crippen LogP contribution in [0.4, 0.5) is 13.2 Å². The van der Waals surface area contributed by atoms with Gasteiger partial charge in [-0.3, -0.25) is 0 Å². The van der Waals surface area contributed by atoms with Gasteiger partial charge in [0, 0.05) is 19.0 Å². The maximum atomic E-state index is 12.8. The summed E-state index contributed by atoms with van der Waals surface area (Å²) >= 11 is 5.77. The molecule has 1 aromatic carbocycles. The van der Waals surface area contributed by atoms with E-state index in [2.05, 4.69) is 14.9 Å². The third-order valence-electron chi connectivity index (χ3n) is 3.78. The maximum absolute atomic E-state index is 12.8. The number of alkyl halides is 3. The minimum atomic E-state index is -4.66. The fourth-order valence-electron chi connectivity index (χ4n) is 2.36. The molecule has 11 heteroatoms. The SMILES string of the molecule is O=S(=O)(NCCc1nncn1C1CC1)c1cc(C(F)(F)F)ccc1Cl. The van der Waals surface area contributed by atoms with E-state index >= 15 is 0 Å². The van der Waals surface area contributed by atoms with Crippen molar-refractivity contribution >= 4 is 21.6 Å². The second-order valence-corrected chi connectivity index (χ2v) is 7.82. The lowest BCUT2D eigenvalue weighted by Crippen LogP contribution is -2.27. The Labute approximate surface area is 147 Å². The Balaban J connectivity index is 1.72. The monoisotopic (exact) mass is 394 g/mol. The van der Waals surface area contributed by atoms with E-state index in [-0.39, 0.29) is 18.0 Å². The van der Waals surface area contributed by atoms with Crippen molar-refractivity contribution in [2.75, 3.05) is 6.54 Å². The van der Waals surface area contributed by atoms with E-state index in [1.165, 1.54) is 0 Å². The maximum Gasteiger partial charge on any atom is 0.416 e. The third kappa shape index (κ3) is 4.13. The van der Waals surface area contributed by atoms with E-state index in [4.69, 9.17) is 11.6 Å². The molecular formula is C14H14ClF3N4O2S. The Morgan fingerprint density at radius 1 is 1.32 bits per heavy atom. The third-order valence-corrected chi connectivity index (χ3v) is 5.72. The van der Waals surface area contributed by atoms with Crippen molar-refractivity contribution in [1.82, 2.24) is 19.5 Å². The summed E-state index contributed by atoms with van der Waals surface area (Å²) < 4.78 is 67.0. The van der Waals surface area contributed by atoms with Gasteiger partial charge in [0.1, 0.15) is 17.0 Å². The molecule has 1 aliphatic carbocycles. The van der Waals surface area contributed by atoms with Crippen LogP contribution in [0.3, 0.4) is 0 Å². The molecule has 0 saturated heterocycles. The molecule has 1 aromatic heterocycles. The predicted octanol–water partition coefficient (Wildman–Crippen LogP) is 2.81. The molecule has 0 unspecified atom stereocenters. The molecule has 0 radical (unpaired) electrons. The van der Waals surface area contributed by atoms with Crippen LogP contribution in [0.5, 0.6) is 0 Å². The lowest BCUT2D eigenvalue weighted by molar-refractivity contribution is -0.137. The summed E-state index contributed by atoms with van der Waals surface area (Å²) in [6, 6.07) is 2.53. The molecule has 0 bridgehead atoms. The zero-order valence-electron chi connectivity index (χ0n) is 12.8. The van der Waals surface area contributed by atoms with Crippen LogP contribution in [-0.2, 0) is 22.6 Å². The molecule has 25 heavy (non-hydrogen) atoms. The molecule has 1 N–H and O–H groups in total. The quantitative estimate of drug-likeness (QED) is 0.817. The summed E-state index contributed by atoms with van der Waals surface area (Å²) in [7, 11) is -4.18. The summed E-state index contributed by atoms with van der Waals surface area (Å²) in [6.07, 6.45) is -0.750. The fourth-order valence-corrected chi connectivity index (χ4v) is 3.92. The van der Waals surface area contributed by atoms with Crippen molar-refractivity contribution < 1.29 is 21.6 Å². The van der Waals surface area contributed by atoms with Crippen molar-refractivity contribution in [3.8, 4) is 0 Å². The van der Waals surface area contributed by atoms with Crippen LogP contribution in [-0.4, -0.2) is 29.7 Å². The molecule has 0 spiro atoms. The molecule has 136 valence electrons. The van der Waals surface area contributed by atoms with Gasteiger partial charge in [-0.2, -0.15) is 13.2 Å². The van der Waals surface area contributed by atoms with Gasteiger partial charge in [0.2, 0.25) is 10.0 Å². The van der Waals surface area contributed by atoms with Crippen molar-refractivity contribution in [3.05, 3.63) is 40.9 Å². The number of nitrogens with one attached hydrogen (secondary N) is 1. The zero-order valence-corrected chi connectivity index (χ0v) is 14.4. The molecule has 2 aromatic rings. The van der Waals surface area contributed by atoms with Gasteiger partial charge in [0.25, 0.3) is 0 Å². The molecule has 1 aliphatic rings. The average molecular weight is 395 g/mol. The number of halogens is 4. The zero-order chi connectivity index (χ0) is 18.2. The lowest BCUT2D eigenvalue weighted by Gasteiger charge is -2.12. The van der Waals surface area contributed by atoms with Crippen molar-refractivity contribution in [1.29, 1.82) is 0 Å². The van der Waals surface area contributed by atoms with Crippen LogP contribution >= 0.6 is 11.6 Å². The van der Waals surface area contributed by atoms with E-state index in [0.29, 0.717) is 17.9 Å². The first-order valence-corrected chi connectivity index (χ1v) is 9.29. The largest absolute Gasteiger partial charge is 0.416 e. The molecular weight excluding hydrogens is 381 g/mol. The van der Waals surface area contributed by atoms with Gasteiger partial charge in [0.15, 0.2) is 0 Å². The van der Waals surface area contributed by atoms with Gasteiger partial charge in [-0.1, -0.05) is 11.6 Å². The van der Waals surface area contributed by atoms with Crippen molar-refractivity contribution in [2.24, 2.45) is 0 Å². The van der Waals surface area contributed by atoms with Crippen LogP contribution in [0.25, 0.3) is 0 Å². The van der Waals surface area contributed by atoms with E-state index in [1.807, 2.05) is 4.57 Å². The van der Waals surface area contributed by atoms with Crippen LogP contribution in [0.15, 0.2) is 29.4 Å². The summed E-state index contributed by atoms with van der Waals surface area (Å²) in [5.41, 5.74) is -1.08. The normalized spacial score (nSPS) is 15.5. The van der Waals surface area contributed by atoms with Gasteiger partial charge in [-0.15, -0.1) is 10.2 Å². The molecule has 0 atom stereocenters. The number of aromatic nitrogens is 3. The van der Waals surface area contributed by atoms with Crippen molar-refractivity contribution in [2.45, 2.75) is 36.4 Å². The second-order valence-electron chi connectivity index (χ2n) is 5.68. The standard InChI is InChI=1S/C14H14ClF3N4O2S/c15-11-4-1-9(14(16,17)18)7-12(11)25(23,24)20-6-5-13-21-19-8-22(13)10-2-3-10/h1,4,7-8,10,20H,2-3,5-6H2. The number of nitrogens with zero attached hydrogens (tertiary/aromatic N) is 3. The molecule has 6 nitrogen and oxygen atoms in total. The minimum absolute atomic E-state index is 0.0275.